The molecule has 17 heavy (non-hydrogen) atoms. The summed E-state index contributed by atoms with van der Waals surface area (Å²) < 4.78 is 6.22. The number of nitrogens with zero attached hydrogens (tertiary/aromatic N) is 1. The Labute approximate surface area is 115 Å². The van der Waals surface area contributed by atoms with E-state index in [-0.39, 0.29) is 5.91 Å². The molecule has 1 aliphatic heterocycles. The molecule has 94 valence electrons. The molecule has 0 spiro atoms. The Morgan fingerprint density at radius 2 is 2.29 bits per heavy atom. The van der Waals surface area contributed by atoms with Crippen LogP contribution >= 0.6 is 22.6 Å². The first-order valence-electron chi connectivity index (χ1n) is 5.83. The molecule has 1 amide bonds. The molecule has 1 saturated heterocycles. The molecule has 4 nitrogen and oxygen atoms in total. The van der Waals surface area contributed by atoms with Crippen LogP contribution in [0.5, 0.6) is 0 Å². The third-order valence-corrected chi connectivity index (χ3v) is 3.81. The number of halogens is 1. The summed E-state index contributed by atoms with van der Waals surface area (Å²) in [6, 6.07) is 1.89. The number of aromatic amines is 1. The third-order valence-electron chi connectivity index (χ3n) is 3.18. The van der Waals surface area contributed by atoms with Gasteiger partial charge in [-0.3, -0.25) is 4.79 Å². The Morgan fingerprint density at radius 1 is 1.59 bits per heavy atom. The zero-order valence-electron chi connectivity index (χ0n) is 9.91. The number of likely N-dealkylation sites (tertiary alicyclic amines) is 1. The van der Waals surface area contributed by atoms with Gasteiger partial charge < -0.3 is 14.6 Å². The smallest absolute Gasteiger partial charge is 0.270 e. The maximum atomic E-state index is 12.1. The largest absolute Gasteiger partial charge is 0.384 e. The van der Waals surface area contributed by atoms with Crippen molar-refractivity contribution in [1.29, 1.82) is 0 Å². The van der Waals surface area contributed by atoms with Gasteiger partial charge in [-0.15, -0.1) is 0 Å². The summed E-state index contributed by atoms with van der Waals surface area (Å²) in [5.41, 5.74) is 0.694. The van der Waals surface area contributed by atoms with E-state index < -0.39 is 0 Å². The van der Waals surface area contributed by atoms with Crippen molar-refractivity contribution < 1.29 is 9.53 Å². The number of hydrogen-bond acceptors (Lipinski definition) is 2. The van der Waals surface area contributed by atoms with Crippen LogP contribution in [0.3, 0.4) is 0 Å². The predicted molar refractivity (Wildman–Crippen MR) is 74.0 cm³/mol. The average molecular weight is 348 g/mol. The van der Waals surface area contributed by atoms with Crippen LogP contribution in [0.1, 0.15) is 23.3 Å². The van der Waals surface area contributed by atoms with E-state index in [2.05, 4.69) is 27.6 Å². The number of carbonyl (C=O) groups is 1. The van der Waals surface area contributed by atoms with Gasteiger partial charge in [0.05, 0.1) is 0 Å². The Hall–Kier alpha value is -0.560. The maximum Gasteiger partial charge on any atom is 0.270 e. The Balaban J connectivity index is 1.90. The predicted octanol–water partition coefficient (Wildman–Crippen LogP) is 2.12. The SMILES string of the molecule is COCC1CCN(C(=O)c2cc(I)c[nH]2)CC1. The quantitative estimate of drug-likeness (QED) is 0.851. The Kier molecular flexibility index (Phi) is 4.44. The topological polar surface area (TPSA) is 45.3 Å². The van der Waals surface area contributed by atoms with E-state index in [1.54, 1.807) is 7.11 Å². The standard InChI is InChI=1S/C12H17IN2O2/c1-17-8-9-2-4-15(5-3-9)12(16)11-6-10(13)7-14-11/h6-7,9,14H,2-5,8H2,1H3. The minimum atomic E-state index is 0.115. The highest BCUT2D eigenvalue weighted by Crippen LogP contribution is 2.19. The molecule has 1 aliphatic rings. The molecule has 1 N–H and O–H groups in total. The molecular formula is C12H17IN2O2. The zero-order valence-corrected chi connectivity index (χ0v) is 12.1. The lowest BCUT2D eigenvalue weighted by Crippen LogP contribution is -2.39. The van der Waals surface area contributed by atoms with Crippen LogP contribution in [0.4, 0.5) is 0 Å². The zero-order chi connectivity index (χ0) is 12.3. The molecule has 0 aromatic carbocycles. The highest BCUT2D eigenvalue weighted by atomic mass is 127. The van der Waals surface area contributed by atoms with Crippen molar-refractivity contribution in [2.24, 2.45) is 5.92 Å². The lowest BCUT2D eigenvalue weighted by molar-refractivity contribution is 0.0609. The van der Waals surface area contributed by atoms with Gasteiger partial charge in [0.2, 0.25) is 0 Å². The van der Waals surface area contributed by atoms with E-state index in [0.29, 0.717) is 11.6 Å². The molecule has 0 bridgehead atoms. The van der Waals surface area contributed by atoms with Crippen LogP contribution in [0, 0.1) is 9.49 Å². The number of amides is 1. The summed E-state index contributed by atoms with van der Waals surface area (Å²) in [4.78, 5) is 17.1. The van der Waals surface area contributed by atoms with Crippen LogP contribution in [0.15, 0.2) is 12.3 Å². The molecule has 1 aromatic rings. The highest BCUT2D eigenvalue weighted by Gasteiger charge is 2.24. The fourth-order valence-corrected chi connectivity index (χ4v) is 2.67. The van der Waals surface area contributed by atoms with Crippen LogP contribution in [-0.2, 0) is 4.74 Å². The van der Waals surface area contributed by atoms with Gasteiger partial charge in [0, 0.05) is 36.6 Å². The molecule has 0 radical (unpaired) electrons. The van der Waals surface area contributed by atoms with Gasteiger partial charge in [-0.25, -0.2) is 0 Å². The summed E-state index contributed by atoms with van der Waals surface area (Å²) in [6.07, 6.45) is 3.93. The van der Waals surface area contributed by atoms with E-state index in [1.807, 2.05) is 17.2 Å². The second-order valence-corrected chi connectivity index (χ2v) is 5.67. The Bertz CT molecular complexity index is 384. The van der Waals surface area contributed by atoms with Gasteiger partial charge in [-0.1, -0.05) is 0 Å². The number of ether oxygens (including phenoxy) is 1. The molecule has 2 rings (SSSR count). The van der Waals surface area contributed by atoms with Crippen molar-refractivity contribution in [1.82, 2.24) is 9.88 Å². The van der Waals surface area contributed by atoms with Crippen LogP contribution < -0.4 is 0 Å². The van der Waals surface area contributed by atoms with E-state index in [4.69, 9.17) is 4.74 Å². The van der Waals surface area contributed by atoms with E-state index in [1.165, 1.54) is 0 Å². The highest BCUT2D eigenvalue weighted by molar-refractivity contribution is 14.1. The molecule has 1 aromatic heterocycles. The van der Waals surface area contributed by atoms with Crippen LogP contribution in [-0.4, -0.2) is 42.6 Å². The number of aromatic nitrogens is 1. The second-order valence-electron chi connectivity index (χ2n) is 4.42. The molecular weight excluding hydrogens is 331 g/mol. The van der Waals surface area contributed by atoms with Gasteiger partial charge in [-0.05, 0) is 47.4 Å². The summed E-state index contributed by atoms with van der Waals surface area (Å²) in [7, 11) is 1.73. The normalized spacial score (nSPS) is 17.4. The average Bonchev–Trinajstić information content (AvgIpc) is 2.76. The first-order valence-corrected chi connectivity index (χ1v) is 6.90. The first kappa shape index (κ1) is 12.9. The van der Waals surface area contributed by atoms with Crippen molar-refractivity contribution in [3.8, 4) is 0 Å². The number of carbonyl (C=O) groups excluding carboxylic acids is 1. The second kappa shape index (κ2) is 5.86. The lowest BCUT2D eigenvalue weighted by atomic mass is 9.97. The van der Waals surface area contributed by atoms with Crippen LogP contribution in [0.25, 0.3) is 0 Å². The lowest BCUT2D eigenvalue weighted by Gasteiger charge is -2.31. The molecule has 5 heteroatoms. The molecule has 0 aliphatic carbocycles. The number of rotatable bonds is 3. The number of piperidine rings is 1. The van der Waals surface area contributed by atoms with E-state index in [0.717, 1.165) is 36.1 Å². The van der Waals surface area contributed by atoms with E-state index in [9.17, 15) is 4.79 Å². The van der Waals surface area contributed by atoms with Crippen LogP contribution in [0.2, 0.25) is 0 Å². The van der Waals surface area contributed by atoms with Crippen molar-refractivity contribution in [3.63, 3.8) is 0 Å². The minimum absolute atomic E-state index is 0.115. The molecule has 0 atom stereocenters. The number of hydrogen-bond donors (Lipinski definition) is 1. The maximum absolute atomic E-state index is 12.1. The van der Waals surface area contributed by atoms with Crippen molar-refractivity contribution in [2.75, 3.05) is 26.8 Å². The monoisotopic (exact) mass is 348 g/mol. The molecule has 0 saturated carbocycles. The van der Waals surface area contributed by atoms with Crippen molar-refractivity contribution in [2.45, 2.75) is 12.8 Å². The third kappa shape index (κ3) is 3.22. The first-order chi connectivity index (χ1) is 8.20. The summed E-state index contributed by atoms with van der Waals surface area (Å²) in [5, 5.41) is 0. The molecule has 2 heterocycles. The fourth-order valence-electron chi connectivity index (χ4n) is 2.20. The number of H-pyrrole nitrogens is 1. The van der Waals surface area contributed by atoms with Gasteiger partial charge in [0.1, 0.15) is 5.69 Å². The van der Waals surface area contributed by atoms with Gasteiger partial charge in [0.15, 0.2) is 0 Å². The number of nitrogens with one attached hydrogen (secondary N) is 1. The summed E-state index contributed by atoms with van der Waals surface area (Å²) in [5.74, 6) is 0.719. The minimum Gasteiger partial charge on any atom is -0.384 e. The van der Waals surface area contributed by atoms with Gasteiger partial charge >= 0.3 is 0 Å². The van der Waals surface area contributed by atoms with Crippen molar-refractivity contribution in [3.05, 3.63) is 21.5 Å². The summed E-state index contributed by atoms with van der Waals surface area (Å²) >= 11 is 2.20. The van der Waals surface area contributed by atoms with Gasteiger partial charge in [-0.2, -0.15) is 0 Å². The van der Waals surface area contributed by atoms with Crippen molar-refractivity contribution >= 4 is 28.5 Å². The van der Waals surface area contributed by atoms with Gasteiger partial charge in [0.25, 0.3) is 5.91 Å². The summed E-state index contributed by atoms with van der Waals surface area (Å²) in [6.45, 7) is 2.48. The fraction of sp³-hybridized carbons (Fsp3) is 0.583. The number of methoxy groups -OCH3 is 1. The Morgan fingerprint density at radius 3 is 2.82 bits per heavy atom. The molecule has 1 fully saturated rings. The molecule has 0 unspecified atom stereocenters. The van der Waals surface area contributed by atoms with E-state index >= 15 is 0 Å².